The largest absolute Gasteiger partial charge is 0.480 e. The number of aromatic nitrogens is 1. The van der Waals surface area contributed by atoms with Crippen LogP contribution in [0.15, 0.2) is 48.7 Å². The molecule has 1 atom stereocenters. The van der Waals surface area contributed by atoms with Gasteiger partial charge in [0.25, 0.3) is 0 Å². The Morgan fingerprint density at radius 3 is 2.43 bits per heavy atom. The number of carbonyl (C=O) groups excluding carboxylic acids is 1. The van der Waals surface area contributed by atoms with Crippen molar-refractivity contribution in [2.24, 2.45) is 5.92 Å². The van der Waals surface area contributed by atoms with Gasteiger partial charge in [0.05, 0.1) is 0 Å². The second kappa shape index (κ2) is 8.42. The van der Waals surface area contributed by atoms with Crippen LogP contribution in [0.1, 0.15) is 30.9 Å². The summed E-state index contributed by atoms with van der Waals surface area (Å²) < 4.78 is 0. The molecule has 1 aliphatic rings. The molecule has 1 fully saturated rings. The minimum absolute atomic E-state index is 0.183. The molecule has 1 unspecified atom stereocenters. The number of benzene rings is 1. The maximum absolute atomic E-state index is 12.8. The first-order chi connectivity index (χ1) is 13.4. The summed E-state index contributed by atoms with van der Waals surface area (Å²) in [5, 5.41) is 12.5. The van der Waals surface area contributed by atoms with E-state index in [1.54, 1.807) is 6.92 Å². The molecule has 6 heteroatoms. The predicted molar refractivity (Wildman–Crippen MR) is 108 cm³/mol. The van der Waals surface area contributed by atoms with Crippen molar-refractivity contribution in [1.82, 2.24) is 10.3 Å². The topological polar surface area (TPSA) is 82.5 Å². The van der Waals surface area contributed by atoms with Gasteiger partial charge in [0.2, 0.25) is 5.91 Å². The van der Waals surface area contributed by atoms with Gasteiger partial charge < -0.3 is 15.3 Å². The average molecular weight is 381 g/mol. The van der Waals surface area contributed by atoms with E-state index < -0.39 is 11.5 Å². The van der Waals surface area contributed by atoms with Gasteiger partial charge in [-0.2, -0.15) is 0 Å². The summed E-state index contributed by atoms with van der Waals surface area (Å²) in [6.07, 6.45) is 3.46. The van der Waals surface area contributed by atoms with Crippen LogP contribution in [0.3, 0.4) is 0 Å². The third-order valence-electron chi connectivity index (χ3n) is 5.36. The molecule has 2 aromatic rings. The number of nitrogens with zero attached hydrogens (tertiary/aromatic N) is 2. The number of pyridine rings is 1. The van der Waals surface area contributed by atoms with Gasteiger partial charge in [0.15, 0.2) is 0 Å². The van der Waals surface area contributed by atoms with E-state index in [4.69, 9.17) is 0 Å². The molecular weight excluding hydrogens is 354 g/mol. The van der Waals surface area contributed by atoms with Crippen LogP contribution in [0.5, 0.6) is 0 Å². The first-order valence-electron chi connectivity index (χ1n) is 9.64. The molecule has 28 heavy (non-hydrogen) atoms. The second-order valence-corrected chi connectivity index (χ2v) is 7.74. The van der Waals surface area contributed by atoms with E-state index in [2.05, 4.69) is 15.2 Å². The Kier molecular flexibility index (Phi) is 5.97. The maximum atomic E-state index is 12.8. The van der Waals surface area contributed by atoms with E-state index in [0.29, 0.717) is 12.8 Å². The first kappa shape index (κ1) is 19.9. The summed E-state index contributed by atoms with van der Waals surface area (Å²) in [4.78, 5) is 31.3. The van der Waals surface area contributed by atoms with Gasteiger partial charge in [-0.25, -0.2) is 9.78 Å². The number of anilines is 1. The van der Waals surface area contributed by atoms with Gasteiger partial charge in [-0.3, -0.25) is 4.79 Å². The number of carboxylic acids is 1. The first-order valence-corrected chi connectivity index (χ1v) is 9.64. The SMILES string of the molecule is Cc1ccc(N2CCC(C(=O)NC(C)(Cc3ccccc3)C(=O)O)CC2)nc1. The Labute approximate surface area is 165 Å². The van der Waals surface area contributed by atoms with Crippen LogP contribution in [0, 0.1) is 12.8 Å². The van der Waals surface area contributed by atoms with Gasteiger partial charge in [-0.05, 0) is 43.9 Å². The van der Waals surface area contributed by atoms with Crippen molar-refractivity contribution in [3.63, 3.8) is 0 Å². The average Bonchev–Trinajstić information content (AvgIpc) is 2.69. The number of hydrogen-bond acceptors (Lipinski definition) is 4. The second-order valence-electron chi connectivity index (χ2n) is 7.74. The van der Waals surface area contributed by atoms with Crippen molar-refractivity contribution >= 4 is 17.7 Å². The Hall–Kier alpha value is -2.89. The number of amides is 1. The summed E-state index contributed by atoms with van der Waals surface area (Å²) >= 11 is 0. The Balaban J connectivity index is 1.60. The number of rotatable bonds is 6. The van der Waals surface area contributed by atoms with Crippen LogP contribution >= 0.6 is 0 Å². The standard InChI is InChI=1S/C22H27N3O3/c1-16-8-9-19(23-15-16)25-12-10-18(11-13-25)20(26)24-22(2,21(27)28)14-17-6-4-3-5-7-17/h3-9,15,18H,10-14H2,1-2H3,(H,24,26)(H,27,28). The molecule has 1 aliphatic heterocycles. The molecule has 2 N–H and O–H groups in total. The monoisotopic (exact) mass is 381 g/mol. The fourth-order valence-corrected chi connectivity index (χ4v) is 3.57. The lowest BCUT2D eigenvalue weighted by Gasteiger charge is -2.34. The van der Waals surface area contributed by atoms with Crippen molar-refractivity contribution < 1.29 is 14.7 Å². The predicted octanol–water partition coefficient (Wildman–Crippen LogP) is 2.81. The molecule has 0 aliphatic carbocycles. The maximum Gasteiger partial charge on any atom is 0.329 e. The van der Waals surface area contributed by atoms with Crippen LogP contribution < -0.4 is 10.2 Å². The lowest BCUT2D eigenvalue weighted by molar-refractivity contribution is -0.147. The third-order valence-corrected chi connectivity index (χ3v) is 5.36. The Morgan fingerprint density at radius 1 is 1.18 bits per heavy atom. The summed E-state index contributed by atoms with van der Waals surface area (Å²) in [5.74, 6) is -0.469. The lowest BCUT2D eigenvalue weighted by Crippen LogP contribution is -2.56. The zero-order valence-electron chi connectivity index (χ0n) is 16.4. The van der Waals surface area contributed by atoms with E-state index in [0.717, 1.165) is 30.0 Å². The molecule has 0 saturated carbocycles. The molecule has 2 heterocycles. The van der Waals surface area contributed by atoms with Crippen molar-refractivity contribution in [1.29, 1.82) is 0 Å². The van der Waals surface area contributed by atoms with E-state index in [1.807, 2.05) is 55.6 Å². The highest BCUT2D eigenvalue weighted by Gasteiger charge is 2.37. The molecule has 0 spiro atoms. The van der Waals surface area contributed by atoms with Gasteiger partial charge in [0, 0.05) is 31.6 Å². The summed E-state index contributed by atoms with van der Waals surface area (Å²) in [7, 11) is 0. The zero-order valence-corrected chi connectivity index (χ0v) is 16.4. The highest BCUT2D eigenvalue weighted by Crippen LogP contribution is 2.23. The minimum Gasteiger partial charge on any atom is -0.480 e. The van der Waals surface area contributed by atoms with Gasteiger partial charge >= 0.3 is 5.97 Å². The van der Waals surface area contributed by atoms with Crippen LogP contribution in [-0.2, 0) is 16.0 Å². The molecular formula is C22H27N3O3. The highest BCUT2D eigenvalue weighted by molar-refractivity contribution is 5.88. The third kappa shape index (κ3) is 4.68. The summed E-state index contributed by atoms with van der Waals surface area (Å²) in [6, 6.07) is 13.4. The number of nitrogens with one attached hydrogen (secondary N) is 1. The van der Waals surface area contributed by atoms with Crippen LogP contribution in [-0.4, -0.2) is 40.6 Å². The normalized spacial score (nSPS) is 17.0. The molecule has 1 amide bonds. The molecule has 6 nitrogen and oxygen atoms in total. The number of piperidine rings is 1. The molecule has 0 radical (unpaired) electrons. The molecule has 1 aromatic heterocycles. The fourth-order valence-electron chi connectivity index (χ4n) is 3.57. The van der Waals surface area contributed by atoms with Gasteiger partial charge in [0.1, 0.15) is 11.4 Å². The number of carbonyl (C=O) groups is 2. The van der Waals surface area contributed by atoms with Crippen LogP contribution in [0.25, 0.3) is 0 Å². The van der Waals surface area contributed by atoms with E-state index in [1.165, 1.54) is 0 Å². The van der Waals surface area contributed by atoms with Crippen LogP contribution in [0.4, 0.5) is 5.82 Å². The molecule has 0 bridgehead atoms. The quantitative estimate of drug-likeness (QED) is 0.804. The van der Waals surface area contributed by atoms with Crippen molar-refractivity contribution in [2.75, 3.05) is 18.0 Å². The fraction of sp³-hybridized carbons (Fsp3) is 0.409. The summed E-state index contributed by atoms with van der Waals surface area (Å²) in [6.45, 7) is 5.04. The Bertz CT molecular complexity index is 815. The summed E-state index contributed by atoms with van der Waals surface area (Å²) in [5.41, 5.74) is 0.672. The minimum atomic E-state index is -1.33. The smallest absolute Gasteiger partial charge is 0.329 e. The molecule has 3 rings (SSSR count). The van der Waals surface area contributed by atoms with Crippen LogP contribution in [0.2, 0.25) is 0 Å². The van der Waals surface area contributed by atoms with Crippen molar-refractivity contribution in [2.45, 2.75) is 38.6 Å². The zero-order chi connectivity index (χ0) is 20.1. The Morgan fingerprint density at radius 2 is 1.86 bits per heavy atom. The number of aliphatic carboxylic acids is 1. The van der Waals surface area contributed by atoms with Crippen molar-refractivity contribution in [3.05, 3.63) is 59.8 Å². The van der Waals surface area contributed by atoms with E-state index >= 15 is 0 Å². The number of carboxylic acid groups (broad SMARTS) is 1. The van der Waals surface area contributed by atoms with Crippen molar-refractivity contribution in [3.8, 4) is 0 Å². The molecule has 148 valence electrons. The van der Waals surface area contributed by atoms with Gasteiger partial charge in [-0.15, -0.1) is 0 Å². The van der Waals surface area contributed by atoms with E-state index in [9.17, 15) is 14.7 Å². The van der Waals surface area contributed by atoms with E-state index in [-0.39, 0.29) is 18.2 Å². The van der Waals surface area contributed by atoms with Gasteiger partial charge in [-0.1, -0.05) is 36.4 Å². The number of aryl methyl sites for hydroxylation is 1. The highest BCUT2D eigenvalue weighted by atomic mass is 16.4. The lowest BCUT2D eigenvalue weighted by atomic mass is 9.90. The molecule has 1 aromatic carbocycles. The molecule has 1 saturated heterocycles. The number of hydrogen-bond donors (Lipinski definition) is 2.